The fraction of sp³-hybridized carbons (Fsp3) is 0.417. The smallest absolute Gasteiger partial charge is 0.261 e. The van der Waals surface area contributed by atoms with Crippen LogP contribution in [-0.2, 0) is 4.79 Å². The van der Waals surface area contributed by atoms with Crippen molar-refractivity contribution in [1.82, 2.24) is 24.9 Å². The second-order valence-corrected chi connectivity index (χ2v) is 8.70. The predicted molar refractivity (Wildman–Crippen MR) is 122 cm³/mol. The Labute approximate surface area is 192 Å². The highest BCUT2D eigenvalue weighted by Gasteiger charge is 2.31. The van der Waals surface area contributed by atoms with Gasteiger partial charge in [0.15, 0.2) is 0 Å². The van der Waals surface area contributed by atoms with Crippen molar-refractivity contribution >= 4 is 11.7 Å². The first-order valence-corrected chi connectivity index (χ1v) is 11.4. The Morgan fingerprint density at radius 3 is 2.61 bits per heavy atom. The average molecular weight is 451 g/mol. The molecule has 2 aliphatic heterocycles. The molecule has 0 bridgehead atoms. The molecule has 0 saturated carbocycles. The van der Waals surface area contributed by atoms with E-state index in [0.717, 1.165) is 63.5 Å². The van der Waals surface area contributed by atoms with Gasteiger partial charge in [0.05, 0.1) is 5.56 Å². The monoisotopic (exact) mass is 450 g/mol. The number of hydrogen-bond donors (Lipinski definition) is 0. The van der Waals surface area contributed by atoms with E-state index in [1.807, 2.05) is 17.0 Å². The third-order valence-electron chi connectivity index (χ3n) is 6.48. The van der Waals surface area contributed by atoms with Crippen LogP contribution in [0.25, 0.3) is 22.8 Å². The van der Waals surface area contributed by atoms with E-state index in [2.05, 4.69) is 32.0 Å². The Hall–Kier alpha value is -3.33. The number of carbonyl (C=O) groups excluding carboxylic acids is 1. The van der Waals surface area contributed by atoms with Gasteiger partial charge in [0.1, 0.15) is 11.6 Å². The summed E-state index contributed by atoms with van der Waals surface area (Å²) in [6, 6.07) is 9.83. The Bertz CT molecular complexity index is 1120. The molecule has 0 unspecified atom stereocenters. The van der Waals surface area contributed by atoms with Gasteiger partial charge in [-0.05, 0) is 44.2 Å². The third kappa shape index (κ3) is 4.59. The highest BCUT2D eigenvalue weighted by Crippen LogP contribution is 2.32. The van der Waals surface area contributed by atoms with Crippen LogP contribution in [0.3, 0.4) is 0 Å². The number of benzene rings is 1. The zero-order valence-corrected chi connectivity index (χ0v) is 18.7. The second kappa shape index (κ2) is 9.27. The molecular formula is C24H27FN6O2. The summed E-state index contributed by atoms with van der Waals surface area (Å²) in [7, 11) is 2.09. The highest BCUT2D eigenvalue weighted by molar-refractivity contribution is 5.79. The Morgan fingerprint density at radius 1 is 1.06 bits per heavy atom. The summed E-state index contributed by atoms with van der Waals surface area (Å²) < 4.78 is 19.1. The molecule has 2 fully saturated rings. The van der Waals surface area contributed by atoms with Gasteiger partial charge in [-0.2, -0.15) is 4.98 Å². The number of aromatic nitrogens is 3. The first-order valence-electron chi connectivity index (χ1n) is 11.4. The third-order valence-corrected chi connectivity index (χ3v) is 6.48. The van der Waals surface area contributed by atoms with Gasteiger partial charge >= 0.3 is 0 Å². The van der Waals surface area contributed by atoms with Gasteiger partial charge in [-0.1, -0.05) is 17.3 Å². The number of hydrogen-bond acceptors (Lipinski definition) is 7. The summed E-state index contributed by atoms with van der Waals surface area (Å²) >= 11 is 0. The van der Waals surface area contributed by atoms with E-state index < -0.39 is 0 Å². The number of rotatable bonds is 4. The van der Waals surface area contributed by atoms with Crippen LogP contribution >= 0.6 is 0 Å². The van der Waals surface area contributed by atoms with Crippen molar-refractivity contribution in [2.75, 3.05) is 51.2 Å². The number of piperazine rings is 1. The molecule has 9 heteroatoms. The molecule has 4 heterocycles. The molecule has 0 atom stereocenters. The standard InChI is InChI=1S/C24H27FN6O2/c1-29-12-14-31(15-13-29)24(32)17-7-10-30(11-8-17)22-20(6-3-9-26-22)23-27-21(28-33-23)18-4-2-5-19(25)16-18/h2-6,9,16-17H,7-8,10-15H2,1H3. The summed E-state index contributed by atoms with van der Waals surface area (Å²) in [5, 5.41) is 4.03. The zero-order chi connectivity index (χ0) is 22.8. The molecule has 3 aromatic rings. The molecule has 0 radical (unpaired) electrons. The van der Waals surface area contributed by atoms with Crippen molar-refractivity contribution in [3.05, 3.63) is 48.4 Å². The molecule has 5 rings (SSSR count). The fourth-order valence-corrected chi connectivity index (χ4v) is 4.52. The minimum absolute atomic E-state index is 0.0554. The topological polar surface area (TPSA) is 78.6 Å². The minimum Gasteiger partial charge on any atom is -0.356 e. The van der Waals surface area contributed by atoms with Crippen LogP contribution < -0.4 is 4.90 Å². The van der Waals surface area contributed by atoms with Gasteiger partial charge in [0.25, 0.3) is 5.89 Å². The Morgan fingerprint density at radius 2 is 1.85 bits per heavy atom. The van der Waals surface area contributed by atoms with E-state index in [9.17, 15) is 9.18 Å². The Kier molecular flexibility index (Phi) is 6.04. The molecule has 2 aliphatic rings. The Balaban J connectivity index is 1.29. The van der Waals surface area contributed by atoms with E-state index in [4.69, 9.17) is 4.52 Å². The first kappa shape index (κ1) is 21.5. The number of halogens is 1. The maximum atomic E-state index is 13.6. The van der Waals surface area contributed by atoms with Crippen LogP contribution in [0.1, 0.15) is 12.8 Å². The van der Waals surface area contributed by atoms with Crippen molar-refractivity contribution in [3.63, 3.8) is 0 Å². The van der Waals surface area contributed by atoms with Crippen molar-refractivity contribution < 1.29 is 13.7 Å². The molecule has 2 aromatic heterocycles. The van der Waals surface area contributed by atoms with Gasteiger partial charge in [0, 0.05) is 56.9 Å². The lowest BCUT2D eigenvalue weighted by Gasteiger charge is -2.38. The quantitative estimate of drug-likeness (QED) is 0.605. The number of amides is 1. The molecule has 33 heavy (non-hydrogen) atoms. The lowest BCUT2D eigenvalue weighted by atomic mass is 9.94. The molecular weight excluding hydrogens is 423 g/mol. The summed E-state index contributed by atoms with van der Waals surface area (Å²) in [4.78, 5) is 28.5. The zero-order valence-electron chi connectivity index (χ0n) is 18.7. The normalized spacial score (nSPS) is 18.0. The van der Waals surface area contributed by atoms with Crippen molar-refractivity contribution in [2.24, 2.45) is 5.92 Å². The van der Waals surface area contributed by atoms with Crippen LogP contribution in [0.4, 0.5) is 10.2 Å². The van der Waals surface area contributed by atoms with Crippen LogP contribution in [0.15, 0.2) is 47.1 Å². The van der Waals surface area contributed by atoms with Crippen molar-refractivity contribution in [3.8, 4) is 22.8 Å². The van der Waals surface area contributed by atoms with Gasteiger partial charge < -0.3 is 19.2 Å². The number of carbonyl (C=O) groups is 1. The van der Waals surface area contributed by atoms with Crippen LogP contribution in [0.2, 0.25) is 0 Å². The lowest BCUT2D eigenvalue weighted by Crippen LogP contribution is -2.50. The van der Waals surface area contributed by atoms with E-state index in [1.165, 1.54) is 12.1 Å². The molecule has 0 aliphatic carbocycles. The molecule has 0 spiro atoms. The number of likely N-dealkylation sites (N-methyl/N-ethyl adjacent to an activating group) is 1. The number of pyridine rings is 1. The van der Waals surface area contributed by atoms with Crippen LogP contribution in [-0.4, -0.2) is 77.1 Å². The summed E-state index contributed by atoms with van der Waals surface area (Å²) in [5.41, 5.74) is 1.29. The number of nitrogens with zero attached hydrogens (tertiary/aromatic N) is 6. The molecule has 172 valence electrons. The fourth-order valence-electron chi connectivity index (χ4n) is 4.52. The predicted octanol–water partition coefficient (Wildman–Crippen LogP) is 2.93. The maximum absolute atomic E-state index is 13.6. The minimum atomic E-state index is -0.352. The molecule has 1 aromatic carbocycles. The average Bonchev–Trinajstić information content (AvgIpc) is 3.35. The molecule has 1 amide bonds. The molecule has 0 N–H and O–H groups in total. The van der Waals surface area contributed by atoms with E-state index in [-0.39, 0.29) is 17.6 Å². The van der Waals surface area contributed by atoms with E-state index in [0.29, 0.717) is 17.3 Å². The molecule has 8 nitrogen and oxygen atoms in total. The largest absolute Gasteiger partial charge is 0.356 e. The SMILES string of the molecule is CN1CCN(C(=O)C2CCN(c3ncccc3-c3nc(-c4cccc(F)c4)no3)CC2)CC1. The van der Waals surface area contributed by atoms with E-state index >= 15 is 0 Å². The number of anilines is 1. The van der Waals surface area contributed by atoms with Gasteiger partial charge in [0.2, 0.25) is 11.7 Å². The van der Waals surface area contributed by atoms with Crippen LogP contribution in [0.5, 0.6) is 0 Å². The van der Waals surface area contributed by atoms with Crippen molar-refractivity contribution in [2.45, 2.75) is 12.8 Å². The first-order chi connectivity index (χ1) is 16.1. The van der Waals surface area contributed by atoms with Crippen LogP contribution in [0, 0.1) is 11.7 Å². The lowest BCUT2D eigenvalue weighted by molar-refractivity contribution is -0.137. The van der Waals surface area contributed by atoms with Gasteiger partial charge in [-0.3, -0.25) is 4.79 Å². The summed E-state index contributed by atoms with van der Waals surface area (Å²) in [6.07, 6.45) is 3.32. The van der Waals surface area contributed by atoms with E-state index in [1.54, 1.807) is 18.3 Å². The number of piperidine rings is 1. The second-order valence-electron chi connectivity index (χ2n) is 8.70. The van der Waals surface area contributed by atoms with Gasteiger partial charge in [-0.15, -0.1) is 0 Å². The summed E-state index contributed by atoms with van der Waals surface area (Å²) in [6.45, 7) is 4.96. The van der Waals surface area contributed by atoms with Gasteiger partial charge in [-0.25, -0.2) is 9.37 Å². The highest BCUT2D eigenvalue weighted by atomic mass is 19.1. The molecule has 2 saturated heterocycles. The summed E-state index contributed by atoms with van der Waals surface area (Å²) in [5.74, 6) is 1.41. The van der Waals surface area contributed by atoms with Crippen molar-refractivity contribution in [1.29, 1.82) is 0 Å². The maximum Gasteiger partial charge on any atom is 0.261 e.